The van der Waals surface area contributed by atoms with E-state index in [2.05, 4.69) is 15.9 Å². The van der Waals surface area contributed by atoms with Crippen molar-refractivity contribution in [2.24, 2.45) is 0 Å². The van der Waals surface area contributed by atoms with Crippen LogP contribution >= 0.6 is 15.9 Å². The van der Waals surface area contributed by atoms with Crippen LogP contribution in [0, 0.1) is 6.92 Å². The zero-order valence-electron chi connectivity index (χ0n) is 9.16. The van der Waals surface area contributed by atoms with Gasteiger partial charge in [0.25, 0.3) is 0 Å². The van der Waals surface area contributed by atoms with Gasteiger partial charge in [-0.05, 0) is 37.1 Å². The standard InChI is InChI=1S/C12H13BrO3/c1-8(5-12(14)15)7-16-11-6-10(13)4-3-9(11)2/h3-6H,7H2,1-2H3,(H,14,15)/b8-5-. The Morgan fingerprint density at radius 2 is 2.25 bits per heavy atom. The Morgan fingerprint density at radius 3 is 2.88 bits per heavy atom. The minimum Gasteiger partial charge on any atom is -0.489 e. The average Bonchev–Trinajstić information content (AvgIpc) is 2.18. The normalized spacial score (nSPS) is 11.3. The van der Waals surface area contributed by atoms with Crippen molar-refractivity contribution in [3.05, 3.63) is 39.9 Å². The van der Waals surface area contributed by atoms with Crippen LogP contribution in [-0.4, -0.2) is 17.7 Å². The molecule has 0 bridgehead atoms. The number of carboxylic acids is 1. The first-order valence-corrected chi connectivity index (χ1v) is 5.57. The van der Waals surface area contributed by atoms with Crippen molar-refractivity contribution in [1.29, 1.82) is 0 Å². The lowest BCUT2D eigenvalue weighted by Gasteiger charge is -2.09. The molecule has 0 aliphatic carbocycles. The molecule has 86 valence electrons. The first kappa shape index (κ1) is 12.8. The quantitative estimate of drug-likeness (QED) is 0.864. The van der Waals surface area contributed by atoms with Crippen LogP contribution in [0.15, 0.2) is 34.3 Å². The van der Waals surface area contributed by atoms with E-state index in [1.807, 2.05) is 25.1 Å². The SMILES string of the molecule is C/C(=C/C(=O)O)COc1cc(Br)ccc1C. The van der Waals surface area contributed by atoms with E-state index in [1.165, 1.54) is 0 Å². The number of aliphatic carboxylic acids is 1. The third-order valence-corrected chi connectivity index (χ3v) is 2.47. The maximum atomic E-state index is 10.4. The Labute approximate surface area is 103 Å². The first-order chi connectivity index (χ1) is 7.49. The lowest BCUT2D eigenvalue weighted by Crippen LogP contribution is -2.02. The lowest BCUT2D eigenvalue weighted by atomic mass is 10.2. The van der Waals surface area contributed by atoms with Gasteiger partial charge in [-0.2, -0.15) is 0 Å². The molecule has 0 saturated heterocycles. The molecule has 4 heteroatoms. The van der Waals surface area contributed by atoms with Crippen LogP contribution in [0.1, 0.15) is 12.5 Å². The molecule has 16 heavy (non-hydrogen) atoms. The highest BCUT2D eigenvalue weighted by Crippen LogP contribution is 2.23. The highest BCUT2D eigenvalue weighted by Gasteiger charge is 2.01. The Balaban J connectivity index is 2.68. The van der Waals surface area contributed by atoms with Gasteiger partial charge < -0.3 is 9.84 Å². The summed E-state index contributed by atoms with van der Waals surface area (Å²) in [6.45, 7) is 3.95. The van der Waals surface area contributed by atoms with Gasteiger partial charge >= 0.3 is 5.97 Å². The molecule has 0 atom stereocenters. The van der Waals surface area contributed by atoms with Crippen LogP contribution in [0.4, 0.5) is 0 Å². The molecule has 1 aromatic carbocycles. The number of benzene rings is 1. The minimum absolute atomic E-state index is 0.281. The summed E-state index contributed by atoms with van der Waals surface area (Å²) < 4.78 is 6.46. The fourth-order valence-electron chi connectivity index (χ4n) is 1.17. The predicted octanol–water partition coefficient (Wildman–Crippen LogP) is 3.17. The van der Waals surface area contributed by atoms with Gasteiger partial charge in [0.05, 0.1) is 0 Å². The smallest absolute Gasteiger partial charge is 0.328 e. The van der Waals surface area contributed by atoms with Crippen molar-refractivity contribution in [1.82, 2.24) is 0 Å². The van der Waals surface area contributed by atoms with Crippen molar-refractivity contribution in [3.8, 4) is 5.75 Å². The second-order valence-electron chi connectivity index (χ2n) is 3.53. The molecular weight excluding hydrogens is 272 g/mol. The molecule has 0 heterocycles. The first-order valence-electron chi connectivity index (χ1n) is 4.78. The zero-order valence-corrected chi connectivity index (χ0v) is 10.7. The third kappa shape index (κ3) is 4.06. The molecule has 0 fully saturated rings. The molecule has 0 saturated carbocycles. The van der Waals surface area contributed by atoms with E-state index in [0.717, 1.165) is 21.9 Å². The van der Waals surface area contributed by atoms with Crippen LogP contribution in [-0.2, 0) is 4.79 Å². The fraction of sp³-hybridized carbons (Fsp3) is 0.250. The molecule has 0 radical (unpaired) electrons. The number of ether oxygens (including phenoxy) is 1. The second-order valence-corrected chi connectivity index (χ2v) is 4.44. The largest absolute Gasteiger partial charge is 0.489 e. The molecule has 0 aliphatic rings. The van der Waals surface area contributed by atoms with Gasteiger partial charge in [-0.25, -0.2) is 4.79 Å². The topological polar surface area (TPSA) is 46.5 Å². The Morgan fingerprint density at radius 1 is 1.56 bits per heavy atom. The molecule has 0 aromatic heterocycles. The second kappa shape index (κ2) is 5.70. The number of carboxylic acid groups (broad SMARTS) is 1. The fourth-order valence-corrected chi connectivity index (χ4v) is 1.51. The van der Waals surface area contributed by atoms with Crippen molar-refractivity contribution in [2.75, 3.05) is 6.61 Å². The molecule has 0 aliphatic heterocycles. The molecule has 3 nitrogen and oxygen atoms in total. The molecule has 0 spiro atoms. The highest BCUT2D eigenvalue weighted by atomic mass is 79.9. The summed E-state index contributed by atoms with van der Waals surface area (Å²) in [4.78, 5) is 10.4. The number of aryl methyl sites for hydroxylation is 1. The summed E-state index contributed by atoms with van der Waals surface area (Å²) in [6, 6.07) is 5.74. The van der Waals surface area contributed by atoms with Gasteiger partial charge in [0, 0.05) is 10.5 Å². The summed E-state index contributed by atoms with van der Waals surface area (Å²) in [5.41, 5.74) is 1.69. The monoisotopic (exact) mass is 284 g/mol. The minimum atomic E-state index is -0.952. The summed E-state index contributed by atoms with van der Waals surface area (Å²) in [5.74, 6) is -0.195. The Kier molecular flexibility index (Phi) is 4.55. The van der Waals surface area contributed by atoms with Crippen molar-refractivity contribution in [3.63, 3.8) is 0 Å². The maximum absolute atomic E-state index is 10.4. The van der Waals surface area contributed by atoms with E-state index in [0.29, 0.717) is 5.57 Å². The van der Waals surface area contributed by atoms with E-state index in [4.69, 9.17) is 9.84 Å². The van der Waals surface area contributed by atoms with Gasteiger partial charge in [0.1, 0.15) is 12.4 Å². The molecule has 1 aromatic rings. The van der Waals surface area contributed by atoms with Gasteiger partial charge in [0.2, 0.25) is 0 Å². The van der Waals surface area contributed by atoms with E-state index >= 15 is 0 Å². The highest BCUT2D eigenvalue weighted by molar-refractivity contribution is 9.10. The van der Waals surface area contributed by atoms with Crippen LogP contribution < -0.4 is 4.74 Å². The summed E-state index contributed by atoms with van der Waals surface area (Å²) in [6.07, 6.45) is 1.15. The number of carbonyl (C=O) groups is 1. The van der Waals surface area contributed by atoms with Gasteiger partial charge in [0.15, 0.2) is 0 Å². The predicted molar refractivity (Wildman–Crippen MR) is 65.8 cm³/mol. The number of rotatable bonds is 4. The van der Waals surface area contributed by atoms with Crippen LogP contribution in [0.5, 0.6) is 5.75 Å². The van der Waals surface area contributed by atoms with E-state index in [9.17, 15) is 4.79 Å². The van der Waals surface area contributed by atoms with Crippen molar-refractivity contribution in [2.45, 2.75) is 13.8 Å². The van der Waals surface area contributed by atoms with Crippen LogP contribution in [0.2, 0.25) is 0 Å². The summed E-state index contributed by atoms with van der Waals surface area (Å²) >= 11 is 3.35. The molecule has 1 rings (SSSR count). The number of hydrogen-bond acceptors (Lipinski definition) is 2. The molecule has 0 unspecified atom stereocenters. The Bertz CT molecular complexity index is 424. The molecular formula is C12H13BrO3. The number of halogens is 1. The molecule has 0 amide bonds. The Hall–Kier alpha value is -1.29. The summed E-state index contributed by atoms with van der Waals surface area (Å²) in [5, 5.41) is 8.54. The van der Waals surface area contributed by atoms with E-state index < -0.39 is 5.97 Å². The van der Waals surface area contributed by atoms with Gasteiger partial charge in [-0.15, -0.1) is 0 Å². The van der Waals surface area contributed by atoms with Gasteiger partial charge in [-0.1, -0.05) is 22.0 Å². The van der Waals surface area contributed by atoms with E-state index in [1.54, 1.807) is 6.92 Å². The zero-order chi connectivity index (χ0) is 12.1. The summed E-state index contributed by atoms with van der Waals surface area (Å²) in [7, 11) is 0. The van der Waals surface area contributed by atoms with E-state index in [-0.39, 0.29) is 6.61 Å². The number of hydrogen-bond donors (Lipinski definition) is 1. The lowest BCUT2D eigenvalue weighted by molar-refractivity contribution is -0.131. The van der Waals surface area contributed by atoms with Crippen molar-refractivity contribution < 1.29 is 14.6 Å². The van der Waals surface area contributed by atoms with Gasteiger partial charge in [-0.3, -0.25) is 0 Å². The molecule has 1 N–H and O–H groups in total. The maximum Gasteiger partial charge on any atom is 0.328 e. The van der Waals surface area contributed by atoms with Crippen molar-refractivity contribution >= 4 is 21.9 Å². The van der Waals surface area contributed by atoms with Crippen LogP contribution in [0.3, 0.4) is 0 Å². The average molecular weight is 285 g/mol. The van der Waals surface area contributed by atoms with Crippen LogP contribution in [0.25, 0.3) is 0 Å². The third-order valence-electron chi connectivity index (χ3n) is 1.98.